The molecule has 0 heterocycles. The summed E-state index contributed by atoms with van der Waals surface area (Å²) in [5.41, 5.74) is 1.07. The summed E-state index contributed by atoms with van der Waals surface area (Å²) in [5.74, 6) is -0.709. The zero-order valence-electron chi connectivity index (χ0n) is 13.5. The number of rotatable bonds is 8. The molecule has 2 aromatic rings. The van der Waals surface area contributed by atoms with Gasteiger partial charge in [-0.1, -0.05) is 24.3 Å². The highest BCUT2D eigenvalue weighted by Gasteiger charge is 2.15. The highest BCUT2D eigenvalue weighted by Crippen LogP contribution is 2.12. The summed E-state index contributed by atoms with van der Waals surface area (Å²) in [6.45, 7) is 3.97. The fraction of sp³-hybridized carbons (Fsp3) is 0.167. The van der Waals surface area contributed by atoms with Gasteiger partial charge in [0.25, 0.3) is 5.91 Å². The van der Waals surface area contributed by atoms with Crippen molar-refractivity contribution in [3.8, 4) is 0 Å². The molecular formula is C18H19FN2O3S. The van der Waals surface area contributed by atoms with E-state index in [1.54, 1.807) is 12.1 Å². The molecule has 0 aliphatic heterocycles. The first-order valence-corrected chi connectivity index (χ1v) is 9.14. The molecule has 0 saturated carbocycles. The first-order valence-electron chi connectivity index (χ1n) is 7.65. The molecule has 1 amide bonds. The summed E-state index contributed by atoms with van der Waals surface area (Å²) in [7, 11) is -3.74. The van der Waals surface area contributed by atoms with E-state index in [-0.39, 0.29) is 28.7 Å². The molecule has 7 heteroatoms. The molecule has 0 radical (unpaired) electrons. The standard InChI is InChI=1S/C18H19FN2O3S/c1-2-11-20-18(22)15-4-3-5-17(13-15)25(23,24)21-12-10-14-6-8-16(19)9-7-14/h2-9,13,21H,1,10-12H2,(H,20,22). The number of halogens is 1. The van der Waals surface area contributed by atoms with Crippen molar-refractivity contribution in [2.45, 2.75) is 11.3 Å². The molecule has 5 nitrogen and oxygen atoms in total. The maximum atomic E-state index is 12.9. The van der Waals surface area contributed by atoms with E-state index in [9.17, 15) is 17.6 Å². The van der Waals surface area contributed by atoms with Gasteiger partial charge in [0.05, 0.1) is 4.90 Å². The Bertz CT molecular complexity index is 849. The molecule has 0 unspecified atom stereocenters. The third-order valence-electron chi connectivity index (χ3n) is 3.43. The first kappa shape index (κ1) is 18.8. The Hall–Kier alpha value is -2.51. The van der Waals surface area contributed by atoms with Crippen molar-refractivity contribution in [3.05, 3.63) is 78.1 Å². The molecule has 0 atom stereocenters. The maximum absolute atomic E-state index is 12.9. The lowest BCUT2D eigenvalue weighted by atomic mass is 10.1. The number of hydrogen-bond acceptors (Lipinski definition) is 3. The molecule has 0 aliphatic carbocycles. The average Bonchev–Trinajstić information content (AvgIpc) is 2.61. The van der Waals surface area contributed by atoms with Gasteiger partial charge in [0.15, 0.2) is 0 Å². The number of sulfonamides is 1. The Balaban J connectivity index is 2.02. The Morgan fingerprint density at radius 3 is 2.56 bits per heavy atom. The second-order valence-electron chi connectivity index (χ2n) is 5.30. The van der Waals surface area contributed by atoms with Crippen LogP contribution < -0.4 is 10.0 Å². The number of amides is 1. The van der Waals surface area contributed by atoms with Gasteiger partial charge in [-0.05, 0) is 42.3 Å². The first-order chi connectivity index (χ1) is 11.9. The van der Waals surface area contributed by atoms with E-state index >= 15 is 0 Å². The van der Waals surface area contributed by atoms with E-state index in [1.807, 2.05) is 0 Å². The van der Waals surface area contributed by atoms with E-state index in [0.717, 1.165) is 5.56 Å². The monoisotopic (exact) mass is 362 g/mol. The lowest BCUT2D eigenvalue weighted by Crippen LogP contribution is -2.27. The molecule has 25 heavy (non-hydrogen) atoms. The number of hydrogen-bond donors (Lipinski definition) is 2. The van der Waals surface area contributed by atoms with Gasteiger partial charge < -0.3 is 5.32 Å². The van der Waals surface area contributed by atoms with Gasteiger partial charge in [-0.3, -0.25) is 4.79 Å². The van der Waals surface area contributed by atoms with Crippen molar-refractivity contribution in [1.82, 2.24) is 10.0 Å². The average molecular weight is 362 g/mol. The molecule has 0 fully saturated rings. The number of carbonyl (C=O) groups excluding carboxylic acids is 1. The number of carbonyl (C=O) groups is 1. The fourth-order valence-electron chi connectivity index (χ4n) is 2.14. The van der Waals surface area contributed by atoms with Gasteiger partial charge in [-0.2, -0.15) is 0 Å². The summed E-state index contributed by atoms with van der Waals surface area (Å²) in [4.78, 5) is 11.9. The van der Waals surface area contributed by atoms with Gasteiger partial charge in [0, 0.05) is 18.7 Å². The van der Waals surface area contributed by atoms with Gasteiger partial charge in [-0.25, -0.2) is 17.5 Å². The van der Waals surface area contributed by atoms with E-state index in [1.165, 1.54) is 42.5 Å². The molecule has 2 N–H and O–H groups in total. The lowest BCUT2D eigenvalue weighted by molar-refractivity contribution is 0.0958. The van der Waals surface area contributed by atoms with E-state index < -0.39 is 10.0 Å². The van der Waals surface area contributed by atoms with Crippen LogP contribution in [-0.4, -0.2) is 27.4 Å². The third-order valence-corrected chi connectivity index (χ3v) is 4.89. The van der Waals surface area contributed by atoms with Crippen molar-refractivity contribution in [2.24, 2.45) is 0 Å². The smallest absolute Gasteiger partial charge is 0.251 e. The Morgan fingerprint density at radius 1 is 1.16 bits per heavy atom. The van der Waals surface area contributed by atoms with Gasteiger partial charge in [-0.15, -0.1) is 6.58 Å². The third kappa shape index (κ3) is 5.51. The molecule has 2 rings (SSSR count). The van der Waals surface area contributed by atoms with Crippen molar-refractivity contribution < 1.29 is 17.6 Å². The number of benzene rings is 2. The topological polar surface area (TPSA) is 75.3 Å². The van der Waals surface area contributed by atoms with Crippen LogP contribution in [0.5, 0.6) is 0 Å². The predicted molar refractivity (Wildman–Crippen MR) is 94.3 cm³/mol. The zero-order chi connectivity index (χ0) is 18.3. The summed E-state index contributed by atoms with van der Waals surface area (Å²) in [6, 6.07) is 11.7. The fourth-order valence-corrected chi connectivity index (χ4v) is 3.21. The highest BCUT2D eigenvalue weighted by atomic mass is 32.2. The summed E-state index contributed by atoms with van der Waals surface area (Å²) >= 11 is 0. The van der Waals surface area contributed by atoms with E-state index in [0.29, 0.717) is 13.0 Å². The SMILES string of the molecule is C=CCNC(=O)c1cccc(S(=O)(=O)NCCc2ccc(F)cc2)c1. The predicted octanol–water partition coefficient (Wildman–Crippen LogP) is 2.26. The molecule has 0 aliphatic rings. The van der Waals surface area contributed by atoms with Crippen LogP contribution >= 0.6 is 0 Å². The van der Waals surface area contributed by atoms with Gasteiger partial charge in [0.1, 0.15) is 5.82 Å². The Kier molecular flexibility index (Phi) is 6.44. The minimum absolute atomic E-state index is 0.0119. The molecule has 0 saturated heterocycles. The van der Waals surface area contributed by atoms with Crippen LogP contribution in [0.15, 0.2) is 66.1 Å². The van der Waals surface area contributed by atoms with Crippen molar-refractivity contribution >= 4 is 15.9 Å². The van der Waals surface area contributed by atoms with Crippen LogP contribution in [-0.2, 0) is 16.4 Å². The van der Waals surface area contributed by atoms with Crippen LogP contribution in [0.2, 0.25) is 0 Å². The summed E-state index contributed by atoms with van der Waals surface area (Å²) in [5, 5.41) is 2.59. The molecule has 132 valence electrons. The zero-order valence-corrected chi connectivity index (χ0v) is 14.4. The largest absolute Gasteiger partial charge is 0.349 e. The Morgan fingerprint density at radius 2 is 1.88 bits per heavy atom. The van der Waals surface area contributed by atoms with Crippen LogP contribution in [0, 0.1) is 5.82 Å². The summed E-state index contributed by atoms with van der Waals surface area (Å²) in [6.07, 6.45) is 1.97. The second-order valence-corrected chi connectivity index (χ2v) is 7.07. The minimum atomic E-state index is -3.74. The molecule has 0 aromatic heterocycles. The molecular weight excluding hydrogens is 343 g/mol. The van der Waals surface area contributed by atoms with Crippen molar-refractivity contribution in [3.63, 3.8) is 0 Å². The van der Waals surface area contributed by atoms with Crippen LogP contribution in [0.4, 0.5) is 4.39 Å². The van der Waals surface area contributed by atoms with Crippen molar-refractivity contribution in [1.29, 1.82) is 0 Å². The quantitative estimate of drug-likeness (QED) is 0.708. The van der Waals surface area contributed by atoms with Crippen LogP contribution in [0.3, 0.4) is 0 Å². The number of nitrogens with one attached hydrogen (secondary N) is 2. The van der Waals surface area contributed by atoms with E-state index in [2.05, 4.69) is 16.6 Å². The summed E-state index contributed by atoms with van der Waals surface area (Å²) < 4.78 is 40.0. The van der Waals surface area contributed by atoms with Gasteiger partial charge >= 0.3 is 0 Å². The van der Waals surface area contributed by atoms with Crippen LogP contribution in [0.1, 0.15) is 15.9 Å². The van der Waals surface area contributed by atoms with E-state index in [4.69, 9.17) is 0 Å². The van der Waals surface area contributed by atoms with Gasteiger partial charge in [0.2, 0.25) is 10.0 Å². The molecule has 2 aromatic carbocycles. The molecule has 0 spiro atoms. The second kappa shape index (κ2) is 8.55. The normalized spacial score (nSPS) is 11.1. The Labute approximate surface area is 146 Å². The van der Waals surface area contributed by atoms with Crippen molar-refractivity contribution in [2.75, 3.05) is 13.1 Å². The van der Waals surface area contributed by atoms with Crippen LogP contribution in [0.25, 0.3) is 0 Å². The maximum Gasteiger partial charge on any atom is 0.251 e. The highest BCUT2D eigenvalue weighted by molar-refractivity contribution is 7.89. The molecule has 0 bridgehead atoms. The lowest BCUT2D eigenvalue weighted by Gasteiger charge is -2.09. The minimum Gasteiger partial charge on any atom is -0.349 e.